The molecule has 164 valence electrons. The highest BCUT2D eigenvalue weighted by Crippen LogP contribution is 2.30. The predicted molar refractivity (Wildman–Crippen MR) is 132 cm³/mol. The number of aliphatic imine (C=N–C) groups is 2. The van der Waals surface area contributed by atoms with Crippen LogP contribution in [0.25, 0.3) is 5.57 Å². The highest BCUT2D eigenvalue weighted by Gasteiger charge is 2.23. The van der Waals surface area contributed by atoms with Crippen LogP contribution >= 0.6 is 0 Å². The van der Waals surface area contributed by atoms with Crippen LogP contribution in [0.15, 0.2) is 101 Å². The quantitative estimate of drug-likeness (QED) is 0.504. The normalized spacial score (nSPS) is 17.6. The van der Waals surface area contributed by atoms with Gasteiger partial charge in [0, 0.05) is 28.7 Å². The van der Waals surface area contributed by atoms with E-state index in [-0.39, 0.29) is 12.0 Å². The van der Waals surface area contributed by atoms with Crippen molar-refractivity contribution in [2.45, 2.75) is 0 Å². The molecule has 2 aromatic rings. The molecule has 2 aliphatic rings. The molecule has 2 aromatic carbocycles. The number of benzene rings is 2. The highest BCUT2D eigenvalue weighted by molar-refractivity contribution is 6.34. The summed E-state index contributed by atoms with van der Waals surface area (Å²) in [6.07, 6.45) is 8.33. The molecule has 0 aromatic heterocycles. The van der Waals surface area contributed by atoms with Crippen LogP contribution in [0.3, 0.4) is 0 Å². The maximum Gasteiger partial charge on any atom is 0.414 e. The molecule has 7 nitrogen and oxygen atoms in total. The van der Waals surface area contributed by atoms with Gasteiger partial charge in [-0.3, -0.25) is 14.7 Å². The summed E-state index contributed by atoms with van der Waals surface area (Å²) in [5.41, 5.74) is 5.39. The van der Waals surface area contributed by atoms with E-state index in [0.29, 0.717) is 30.2 Å². The number of allylic oxidation sites excluding steroid dienone is 5. The predicted octanol–water partition coefficient (Wildman–Crippen LogP) is 5.08. The second kappa shape index (κ2) is 9.74. The lowest BCUT2D eigenvalue weighted by Gasteiger charge is -2.17. The van der Waals surface area contributed by atoms with Gasteiger partial charge >= 0.3 is 6.09 Å². The van der Waals surface area contributed by atoms with E-state index in [2.05, 4.69) is 23.6 Å². The van der Waals surface area contributed by atoms with Gasteiger partial charge in [-0.25, -0.2) is 9.79 Å². The first-order valence-corrected chi connectivity index (χ1v) is 10.3. The Balaban J connectivity index is 1.70. The summed E-state index contributed by atoms with van der Waals surface area (Å²) in [4.78, 5) is 33.9. The van der Waals surface area contributed by atoms with Gasteiger partial charge in [-0.15, -0.1) is 0 Å². The van der Waals surface area contributed by atoms with E-state index in [1.165, 1.54) is 6.08 Å². The van der Waals surface area contributed by atoms with E-state index in [1.54, 1.807) is 11.1 Å². The van der Waals surface area contributed by atoms with Gasteiger partial charge < -0.3 is 10.1 Å². The fraction of sp³-hybridized carbons (Fsp3) is 0.0769. The Morgan fingerprint density at radius 1 is 1.18 bits per heavy atom. The van der Waals surface area contributed by atoms with Gasteiger partial charge in [0.15, 0.2) is 0 Å². The average molecular weight is 438 g/mol. The first kappa shape index (κ1) is 21.7. The Morgan fingerprint density at radius 3 is 2.70 bits per heavy atom. The molecule has 1 fully saturated rings. The fourth-order valence-electron chi connectivity index (χ4n) is 3.54. The van der Waals surface area contributed by atoms with Gasteiger partial charge in [0.05, 0.1) is 17.9 Å². The van der Waals surface area contributed by atoms with Crippen molar-refractivity contribution in [2.75, 3.05) is 23.4 Å². The van der Waals surface area contributed by atoms with Gasteiger partial charge in [0.25, 0.3) is 0 Å². The van der Waals surface area contributed by atoms with Gasteiger partial charge in [-0.05, 0) is 54.8 Å². The Bertz CT molecular complexity index is 1240. The van der Waals surface area contributed by atoms with Crippen molar-refractivity contribution in [3.63, 3.8) is 0 Å². The molecule has 1 aliphatic carbocycles. The van der Waals surface area contributed by atoms with E-state index in [1.807, 2.05) is 66.8 Å². The maximum absolute atomic E-state index is 11.8. The molecule has 1 N–H and O–H groups in total. The van der Waals surface area contributed by atoms with Gasteiger partial charge in [0.2, 0.25) is 5.91 Å². The highest BCUT2D eigenvalue weighted by atomic mass is 16.6. The number of carbonyl (C=O) groups excluding carboxylic acids is 2. The topological polar surface area (TPSA) is 83.4 Å². The number of cyclic esters (lactones) is 1. The number of nitrogens with zero attached hydrogens (tertiary/aromatic N) is 3. The van der Waals surface area contributed by atoms with Crippen molar-refractivity contribution < 1.29 is 14.3 Å². The zero-order valence-electron chi connectivity index (χ0n) is 17.9. The maximum atomic E-state index is 11.8. The molecule has 0 unspecified atom stereocenters. The van der Waals surface area contributed by atoms with E-state index in [4.69, 9.17) is 9.73 Å². The van der Waals surface area contributed by atoms with E-state index < -0.39 is 0 Å². The monoisotopic (exact) mass is 438 g/mol. The molecule has 7 heteroatoms. The lowest BCUT2D eigenvalue weighted by atomic mass is 9.91. The van der Waals surface area contributed by atoms with Crippen LogP contribution in [0.2, 0.25) is 0 Å². The molecule has 0 atom stereocenters. The molecular weight excluding hydrogens is 416 g/mol. The summed E-state index contributed by atoms with van der Waals surface area (Å²) in [7, 11) is 0. The summed E-state index contributed by atoms with van der Waals surface area (Å²) in [5, 5.41) is 2.78. The molecule has 1 heterocycles. The van der Waals surface area contributed by atoms with Crippen LogP contribution in [0.1, 0.15) is 5.56 Å². The van der Waals surface area contributed by atoms with Crippen molar-refractivity contribution in [1.29, 1.82) is 0 Å². The Hall–Kier alpha value is -4.52. The third-order valence-electron chi connectivity index (χ3n) is 5.09. The zero-order valence-corrected chi connectivity index (χ0v) is 17.9. The number of amides is 2. The van der Waals surface area contributed by atoms with Gasteiger partial charge in [-0.2, -0.15) is 0 Å². The molecule has 0 spiro atoms. The van der Waals surface area contributed by atoms with Crippen LogP contribution in [0.4, 0.5) is 21.9 Å². The minimum Gasteiger partial charge on any atom is -0.447 e. The van der Waals surface area contributed by atoms with Gasteiger partial charge in [-0.1, -0.05) is 36.9 Å². The van der Waals surface area contributed by atoms with E-state index in [9.17, 15) is 9.59 Å². The molecule has 4 rings (SSSR count). The summed E-state index contributed by atoms with van der Waals surface area (Å²) in [5.74, 6) is -0.281. The largest absolute Gasteiger partial charge is 0.447 e. The minimum atomic E-state index is -0.345. The zero-order chi connectivity index (χ0) is 23.2. The first-order valence-electron chi connectivity index (χ1n) is 10.3. The second-order valence-electron chi connectivity index (χ2n) is 7.22. The van der Waals surface area contributed by atoms with Crippen LogP contribution in [-0.2, 0) is 9.53 Å². The first-order chi connectivity index (χ1) is 16.1. The summed E-state index contributed by atoms with van der Waals surface area (Å²) in [6, 6.07) is 14.9. The number of rotatable bonds is 6. The summed E-state index contributed by atoms with van der Waals surface area (Å²) in [6.45, 7) is 7.98. The molecule has 0 saturated carbocycles. The molecule has 33 heavy (non-hydrogen) atoms. The van der Waals surface area contributed by atoms with Crippen LogP contribution in [0, 0.1) is 0 Å². The smallest absolute Gasteiger partial charge is 0.414 e. The lowest BCUT2D eigenvalue weighted by Crippen LogP contribution is -2.22. The third-order valence-corrected chi connectivity index (χ3v) is 5.09. The number of nitrogens with one attached hydrogen (secondary N) is 1. The van der Waals surface area contributed by atoms with Crippen LogP contribution in [-0.4, -0.2) is 37.6 Å². The van der Waals surface area contributed by atoms with E-state index in [0.717, 1.165) is 22.4 Å². The third kappa shape index (κ3) is 4.88. The molecule has 1 aliphatic heterocycles. The SMILES string of the molecule is C=CC(=O)Nc1cccc(C2=CC=C/C(=C/N=C)C2=Nc2ccc(N3CCOC3=O)cc2)c1. The molecule has 0 radical (unpaired) electrons. The molecule has 0 bridgehead atoms. The Labute approximate surface area is 191 Å². The minimum absolute atomic E-state index is 0.281. The van der Waals surface area contributed by atoms with Crippen molar-refractivity contribution in [3.8, 4) is 0 Å². The van der Waals surface area contributed by atoms with Crippen molar-refractivity contribution in [1.82, 2.24) is 0 Å². The van der Waals surface area contributed by atoms with Crippen LogP contribution in [0.5, 0.6) is 0 Å². The van der Waals surface area contributed by atoms with Crippen molar-refractivity contribution >= 4 is 47.1 Å². The lowest BCUT2D eigenvalue weighted by molar-refractivity contribution is -0.111. The standard InChI is InChI=1S/C26H22N4O3/c1-3-24(31)28-21-8-4-6-18(16-21)23-9-5-7-19(17-27-2)25(23)29-20-10-12-22(13-11-20)30-14-15-33-26(30)32/h3-13,16-17H,1-2,14-15H2,(H,28,31)/b19-17-,29-25?. The molecular formula is C26H22N4O3. The average Bonchev–Trinajstić information content (AvgIpc) is 3.26. The number of hydrogen-bond acceptors (Lipinski definition) is 5. The van der Waals surface area contributed by atoms with Gasteiger partial charge in [0.1, 0.15) is 6.61 Å². The van der Waals surface area contributed by atoms with Crippen LogP contribution < -0.4 is 10.2 Å². The number of hydrogen-bond donors (Lipinski definition) is 1. The number of anilines is 2. The Morgan fingerprint density at radius 2 is 2.00 bits per heavy atom. The Kier molecular flexibility index (Phi) is 6.40. The molecule has 2 amide bonds. The second-order valence-corrected chi connectivity index (χ2v) is 7.22. The number of ether oxygens (including phenoxy) is 1. The fourth-order valence-corrected chi connectivity index (χ4v) is 3.54. The number of carbonyl (C=O) groups is 2. The summed E-state index contributed by atoms with van der Waals surface area (Å²) >= 11 is 0. The van der Waals surface area contributed by atoms with Crippen molar-refractivity contribution in [3.05, 3.63) is 96.8 Å². The molecule has 1 saturated heterocycles. The summed E-state index contributed by atoms with van der Waals surface area (Å²) < 4.78 is 5.01. The van der Waals surface area contributed by atoms with Crippen molar-refractivity contribution in [2.24, 2.45) is 9.98 Å². The van der Waals surface area contributed by atoms with E-state index >= 15 is 0 Å².